The highest BCUT2D eigenvalue weighted by Crippen LogP contribution is 2.31. The average molecular weight is 425 g/mol. The second kappa shape index (κ2) is 11.6. The van der Waals surface area contributed by atoms with Gasteiger partial charge in [-0.15, -0.1) is 0 Å². The summed E-state index contributed by atoms with van der Waals surface area (Å²) >= 11 is 0. The van der Waals surface area contributed by atoms with Crippen molar-refractivity contribution >= 4 is 11.8 Å². The van der Waals surface area contributed by atoms with Crippen LogP contribution in [0.1, 0.15) is 36.9 Å². The maximum absolute atomic E-state index is 5.67. The van der Waals surface area contributed by atoms with Crippen molar-refractivity contribution in [3.63, 3.8) is 0 Å². The zero-order valence-electron chi connectivity index (χ0n) is 19.3. The molecule has 31 heavy (non-hydrogen) atoms. The smallest absolute Gasteiger partial charge is 0.191 e. The van der Waals surface area contributed by atoms with Gasteiger partial charge in [-0.1, -0.05) is 24.3 Å². The van der Waals surface area contributed by atoms with E-state index in [4.69, 9.17) is 9.73 Å². The van der Waals surface area contributed by atoms with E-state index in [-0.39, 0.29) is 6.04 Å². The van der Waals surface area contributed by atoms with Crippen LogP contribution in [0.5, 0.6) is 5.75 Å². The molecule has 168 valence electrons. The Morgan fingerprint density at radius 2 is 1.94 bits per heavy atom. The Balaban J connectivity index is 1.76. The zero-order valence-corrected chi connectivity index (χ0v) is 19.3. The fourth-order valence-corrected chi connectivity index (χ4v) is 4.09. The van der Waals surface area contributed by atoms with E-state index in [1.807, 2.05) is 43.4 Å². The highest BCUT2D eigenvalue weighted by atomic mass is 16.5. The number of ether oxygens (including phenoxy) is 1. The van der Waals surface area contributed by atoms with E-state index in [0.29, 0.717) is 6.54 Å². The molecule has 1 saturated heterocycles. The highest BCUT2D eigenvalue weighted by molar-refractivity contribution is 5.79. The Labute approximate surface area is 186 Å². The van der Waals surface area contributed by atoms with Gasteiger partial charge < -0.3 is 20.3 Å². The second-order valence-electron chi connectivity index (χ2n) is 7.96. The third-order valence-corrected chi connectivity index (χ3v) is 5.59. The third kappa shape index (κ3) is 6.10. The van der Waals surface area contributed by atoms with Crippen LogP contribution in [0.15, 0.2) is 47.6 Å². The number of likely N-dealkylation sites (tertiary alicyclic amines) is 1. The molecule has 1 fully saturated rings. The minimum atomic E-state index is 0.234. The molecule has 2 aromatic rings. The third-order valence-electron chi connectivity index (χ3n) is 5.59. The number of aliphatic imine (C=N–C) groups is 1. The fraction of sp³-hybridized carbons (Fsp3) is 0.500. The van der Waals surface area contributed by atoms with Crippen molar-refractivity contribution in [3.8, 4) is 5.75 Å². The van der Waals surface area contributed by atoms with Crippen LogP contribution in [-0.4, -0.2) is 63.2 Å². The molecule has 1 aliphatic heterocycles. The van der Waals surface area contributed by atoms with Crippen LogP contribution in [0.25, 0.3) is 0 Å². The number of hydrogen-bond donors (Lipinski definition) is 2. The summed E-state index contributed by atoms with van der Waals surface area (Å²) in [6.45, 7) is 6.45. The van der Waals surface area contributed by atoms with Gasteiger partial charge in [0, 0.05) is 44.5 Å². The minimum Gasteiger partial charge on any atom is -0.496 e. The number of guanidine groups is 1. The topological polar surface area (TPSA) is 65.0 Å². The number of nitrogens with zero attached hydrogens (tertiary/aromatic N) is 4. The van der Waals surface area contributed by atoms with Crippen LogP contribution < -0.4 is 20.3 Å². The number of nitrogens with one attached hydrogen (secondary N) is 2. The van der Waals surface area contributed by atoms with Gasteiger partial charge in [-0.05, 0) is 45.0 Å². The molecule has 1 unspecified atom stereocenters. The normalized spacial score (nSPS) is 15.5. The first-order chi connectivity index (χ1) is 15.1. The van der Waals surface area contributed by atoms with Crippen molar-refractivity contribution in [2.45, 2.75) is 32.4 Å². The standard InChI is InChI=1S/C24H36N6O/c1-5-25-24(27-17-19-11-10-14-26-23(19)29(2)3)28-18-21(30-15-8-9-16-30)20-12-6-7-13-22(20)31-4/h6-7,10-14,21H,5,8-9,15-18H2,1-4H3,(H2,25,27,28). The van der Waals surface area contributed by atoms with Gasteiger partial charge in [0.2, 0.25) is 0 Å². The summed E-state index contributed by atoms with van der Waals surface area (Å²) in [4.78, 5) is 13.9. The van der Waals surface area contributed by atoms with Crippen LogP contribution >= 0.6 is 0 Å². The molecule has 3 rings (SSSR count). The van der Waals surface area contributed by atoms with Gasteiger partial charge >= 0.3 is 0 Å². The van der Waals surface area contributed by atoms with Crippen molar-refractivity contribution in [1.82, 2.24) is 20.5 Å². The summed E-state index contributed by atoms with van der Waals surface area (Å²) < 4.78 is 5.67. The highest BCUT2D eigenvalue weighted by Gasteiger charge is 2.26. The average Bonchev–Trinajstić information content (AvgIpc) is 3.32. The summed E-state index contributed by atoms with van der Waals surface area (Å²) in [7, 11) is 5.76. The monoisotopic (exact) mass is 424 g/mol. The van der Waals surface area contributed by atoms with Crippen molar-refractivity contribution < 1.29 is 4.74 Å². The number of rotatable bonds is 9. The molecule has 1 aromatic heterocycles. The Morgan fingerprint density at radius 3 is 2.65 bits per heavy atom. The number of para-hydroxylation sites is 1. The lowest BCUT2D eigenvalue weighted by molar-refractivity contribution is 0.239. The van der Waals surface area contributed by atoms with Crippen LogP contribution in [0.3, 0.4) is 0 Å². The number of hydrogen-bond acceptors (Lipinski definition) is 5. The Morgan fingerprint density at radius 1 is 1.16 bits per heavy atom. The maximum atomic E-state index is 5.67. The van der Waals surface area contributed by atoms with E-state index < -0.39 is 0 Å². The molecule has 2 N–H and O–H groups in total. The Hall–Kier alpha value is -2.80. The van der Waals surface area contributed by atoms with E-state index in [2.05, 4.69) is 45.6 Å². The van der Waals surface area contributed by atoms with Gasteiger partial charge in [-0.2, -0.15) is 0 Å². The van der Waals surface area contributed by atoms with Crippen molar-refractivity contribution in [1.29, 1.82) is 0 Å². The molecule has 1 aliphatic rings. The molecule has 7 nitrogen and oxygen atoms in total. The molecule has 0 amide bonds. The lowest BCUT2D eigenvalue weighted by atomic mass is 10.0. The fourth-order valence-electron chi connectivity index (χ4n) is 4.09. The van der Waals surface area contributed by atoms with Gasteiger partial charge in [0.15, 0.2) is 5.96 Å². The van der Waals surface area contributed by atoms with Crippen LogP contribution in [0.4, 0.5) is 5.82 Å². The first kappa shape index (κ1) is 22.9. The molecule has 0 radical (unpaired) electrons. The number of pyridine rings is 1. The molecule has 0 bridgehead atoms. The van der Waals surface area contributed by atoms with Gasteiger partial charge in [0.25, 0.3) is 0 Å². The van der Waals surface area contributed by atoms with Gasteiger partial charge in [-0.3, -0.25) is 4.90 Å². The minimum absolute atomic E-state index is 0.234. The molecule has 1 aromatic carbocycles. The number of benzene rings is 1. The van der Waals surface area contributed by atoms with Crippen molar-refractivity contribution in [2.75, 3.05) is 52.3 Å². The van der Waals surface area contributed by atoms with E-state index in [1.165, 1.54) is 18.4 Å². The first-order valence-electron chi connectivity index (χ1n) is 11.1. The largest absolute Gasteiger partial charge is 0.496 e. The van der Waals surface area contributed by atoms with Gasteiger partial charge in [-0.25, -0.2) is 9.98 Å². The summed E-state index contributed by atoms with van der Waals surface area (Å²) in [6.07, 6.45) is 4.31. The second-order valence-corrected chi connectivity index (χ2v) is 7.96. The SMILES string of the molecule is CCNC(=NCc1cccnc1N(C)C)NCC(c1ccccc1OC)N1CCCC1. The van der Waals surface area contributed by atoms with Crippen LogP contribution in [0.2, 0.25) is 0 Å². The number of anilines is 1. The van der Waals surface area contributed by atoms with E-state index in [1.54, 1.807) is 7.11 Å². The number of aromatic nitrogens is 1. The van der Waals surface area contributed by atoms with Crippen LogP contribution in [-0.2, 0) is 6.54 Å². The van der Waals surface area contributed by atoms with E-state index in [0.717, 1.165) is 49.3 Å². The molecule has 2 heterocycles. The summed E-state index contributed by atoms with van der Waals surface area (Å²) in [6, 6.07) is 12.6. The van der Waals surface area contributed by atoms with Crippen molar-refractivity contribution in [2.24, 2.45) is 4.99 Å². The zero-order chi connectivity index (χ0) is 22.1. The predicted molar refractivity (Wildman–Crippen MR) is 128 cm³/mol. The lowest BCUT2D eigenvalue weighted by Crippen LogP contribution is -2.42. The van der Waals surface area contributed by atoms with Crippen molar-refractivity contribution in [3.05, 3.63) is 53.7 Å². The number of methoxy groups -OCH3 is 1. The molecule has 0 spiro atoms. The molecule has 0 aliphatic carbocycles. The Bertz CT molecular complexity index is 847. The summed E-state index contributed by atoms with van der Waals surface area (Å²) in [5, 5.41) is 6.96. The molecule has 7 heteroatoms. The molecule has 1 atom stereocenters. The molecular weight excluding hydrogens is 388 g/mol. The van der Waals surface area contributed by atoms with Gasteiger partial charge in [0.05, 0.1) is 19.7 Å². The van der Waals surface area contributed by atoms with Crippen LogP contribution in [0, 0.1) is 0 Å². The predicted octanol–water partition coefficient (Wildman–Crippen LogP) is 3.05. The molecular formula is C24H36N6O. The summed E-state index contributed by atoms with van der Waals surface area (Å²) in [5.74, 6) is 2.70. The summed E-state index contributed by atoms with van der Waals surface area (Å²) in [5.41, 5.74) is 2.32. The maximum Gasteiger partial charge on any atom is 0.191 e. The van der Waals surface area contributed by atoms with E-state index >= 15 is 0 Å². The Kier molecular flexibility index (Phi) is 8.53. The molecule has 0 saturated carbocycles. The first-order valence-corrected chi connectivity index (χ1v) is 11.1. The lowest BCUT2D eigenvalue weighted by Gasteiger charge is -2.30. The quantitative estimate of drug-likeness (QED) is 0.477. The van der Waals surface area contributed by atoms with E-state index in [9.17, 15) is 0 Å². The van der Waals surface area contributed by atoms with Gasteiger partial charge in [0.1, 0.15) is 11.6 Å².